The Hall–Kier alpha value is -1.51. The summed E-state index contributed by atoms with van der Waals surface area (Å²) >= 11 is 0. The molecule has 0 unspecified atom stereocenters. The Morgan fingerprint density at radius 3 is 2.23 bits per heavy atom. The normalized spacial score (nSPS) is 9.46. The Bertz CT molecular complexity index is 307. The van der Waals surface area contributed by atoms with E-state index >= 15 is 0 Å². The van der Waals surface area contributed by atoms with E-state index in [1.54, 1.807) is 0 Å². The zero-order chi connectivity index (χ0) is 9.84. The lowest BCUT2D eigenvalue weighted by molar-refractivity contribution is -0.464. The summed E-state index contributed by atoms with van der Waals surface area (Å²) in [6.45, 7) is 2.02. The molecule has 0 aromatic heterocycles. The van der Waals surface area contributed by atoms with Crippen LogP contribution >= 0.6 is 0 Å². The number of anilines is 2. The summed E-state index contributed by atoms with van der Waals surface area (Å²) in [5.74, 6) is 1.10. The predicted molar refractivity (Wildman–Crippen MR) is 57.3 cm³/mol. The van der Waals surface area contributed by atoms with Crippen molar-refractivity contribution in [1.82, 2.24) is 0 Å². The molecule has 0 bridgehead atoms. The monoisotopic (exact) mass is 178 g/mol. The van der Waals surface area contributed by atoms with Gasteiger partial charge in [0, 0.05) is 12.6 Å². The number of hydrogen-bond donors (Lipinski definition) is 2. The highest BCUT2D eigenvalue weighted by Gasteiger charge is 2.01. The molecule has 0 saturated carbocycles. The van der Waals surface area contributed by atoms with Crippen molar-refractivity contribution in [3.05, 3.63) is 24.3 Å². The Kier molecular flexibility index (Phi) is 2.90. The molecule has 0 heterocycles. The minimum absolute atomic E-state index is 0.785. The summed E-state index contributed by atoms with van der Waals surface area (Å²) < 4.78 is 2.02. The molecule has 13 heavy (non-hydrogen) atoms. The molecule has 0 fully saturated rings. The molecule has 0 spiro atoms. The SMILES string of the molecule is CC(Nc1ccc(N)cc1)=[N+](C)C. The van der Waals surface area contributed by atoms with E-state index in [4.69, 9.17) is 5.73 Å². The maximum atomic E-state index is 5.57. The fourth-order valence-corrected chi connectivity index (χ4v) is 0.887. The van der Waals surface area contributed by atoms with Crippen molar-refractivity contribution in [2.75, 3.05) is 25.1 Å². The van der Waals surface area contributed by atoms with Gasteiger partial charge in [-0.2, -0.15) is 0 Å². The summed E-state index contributed by atoms with van der Waals surface area (Å²) in [5, 5.41) is 3.26. The van der Waals surface area contributed by atoms with Crippen molar-refractivity contribution in [3.63, 3.8) is 0 Å². The number of nitrogens with zero attached hydrogens (tertiary/aromatic N) is 1. The zero-order valence-corrected chi connectivity index (χ0v) is 8.33. The number of nitrogens with two attached hydrogens (primary N) is 1. The second-order valence-electron chi connectivity index (χ2n) is 3.23. The van der Waals surface area contributed by atoms with Crippen LogP contribution < -0.4 is 11.1 Å². The van der Waals surface area contributed by atoms with Crippen LogP contribution in [0.2, 0.25) is 0 Å². The van der Waals surface area contributed by atoms with Crippen LogP contribution in [0.1, 0.15) is 6.92 Å². The largest absolute Gasteiger partial charge is 0.399 e. The molecule has 0 saturated heterocycles. The van der Waals surface area contributed by atoms with E-state index in [1.165, 1.54) is 0 Å². The highest BCUT2D eigenvalue weighted by atomic mass is 15.1. The maximum Gasteiger partial charge on any atom is 0.246 e. The van der Waals surface area contributed by atoms with E-state index in [0.717, 1.165) is 17.2 Å². The summed E-state index contributed by atoms with van der Waals surface area (Å²) in [6, 6.07) is 7.68. The predicted octanol–water partition coefficient (Wildman–Crippen LogP) is 1.37. The Labute approximate surface area is 78.9 Å². The third-order valence-electron chi connectivity index (χ3n) is 1.91. The van der Waals surface area contributed by atoms with Crippen LogP contribution in [0.15, 0.2) is 24.3 Å². The zero-order valence-electron chi connectivity index (χ0n) is 8.33. The Morgan fingerprint density at radius 2 is 1.77 bits per heavy atom. The lowest BCUT2D eigenvalue weighted by Gasteiger charge is -2.01. The van der Waals surface area contributed by atoms with Gasteiger partial charge in [0.2, 0.25) is 5.84 Å². The average molecular weight is 178 g/mol. The molecule has 3 nitrogen and oxygen atoms in total. The van der Waals surface area contributed by atoms with Gasteiger partial charge < -0.3 is 5.73 Å². The van der Waals surface area contributed by atoms with Crippen LogP contribution in [-0.4, -0.2) is 24.5 Å². The van der Waals surface area contributed by atoms with Gasteiger partial charge in [-0.1, -0.05) is 0 Å². The van der Waals surface area contributed by atoms with Crippen molar-refractivity contribution >= 4 is 17.2 Å². The fraction of sp³-hybridized carbons (Fsp3) is 0.300. The number of rotatable bonds is 1. The number of amidine groups is 1. The Balaban J connectivity index is 2.76. The third-order valence-corrected chi connectivity index (χ3v) is 1.91. The van der Waals surface area contributed by atoms with E-state index in [0.29, 0.717) is 0 Å². The summed E-state index contributed by atoms with van der Waals surface area (Å²) in [6.07, 6.45) is 0. The minimum Gasteiger partial charge on any atom is -0.399 e. The quantitative estimate of drug-likeness (QED) is 0.295. The van der Waals surface area contributed by atoms with Gasteiger partial charge >= 0.3 is 0 Å². The molecule has 1 aromatic rings. The van der Waals surface area contributed by atoms with Gasteiger partial charge in [0.25, 0.3) is 0 Å². The van der Waals surface area contributed by atoms with Crippen LogP contribution in [-0.2, 0) is 0 Å². The van der Waals surface area contributed by atoms with E-state index in [9.17, 15) is 0 Å². The van der Waals surface area contributed by atoms with E-state index in [-0.39, 0.29) is 0 Å². The minimum atomic E-state index is 0.785. The molecular weight excluding hydrogens is 162 g/mol. The molecule has 3 heteroatoms. The van der Waals surface area contributed by atoms with Crippen LogP contribution in [0.5, 0.6) is 0 Å². The first-order valence-corrected chi connectivity index (χ1v) is 4.23. The van der Waals surface area contributed by atoms with Gasteiger partial charge in [-0.25, -0.2) is 5.32 Å². The number of nitrogens with one attached hydrogen (secondary N) is 1. The molecule has 0 radical (unpaired) electrons. The lowest BCUT2D eigenvalue weighted by atomic mass is 10.3. The lowest BCUT2D eigenvalue weighted by Crippen LogP contribution is -2.18. The molecule has 0 amide bonds. The van der Waals surface area contributed by atoms with Crippen LogP contribution in [0.3, 0.4) is 0 Å². The number of benzene rings is 1. The summed E-state index contributed by atoms with van der Waals surface area (Å²) in [4.78, 5) is 0. The van der Waals surface area contributed by atoms with Crippen molar-refractivity contribution in [1.29, 1.82) is 0 Å². The maximum absolute atomic E-state index is 5.57. The second-order valence-corrected chi connectivity index (χ2v) is 3.23. The van der Waals surface area contributed by atoms with E-state index in [2.05, 4.69) is 5.32 Å². The Morgan fingerprint density at radius 1 is 1.23 bits per heavy atom. The first kappa shape index (κ1) is 9.58. The molecule has 1 rings (SSSR count). The molecule has 0 aliphatic heterocycles. The first-order valence-electron chi connectivity index (χ1n) is 4.23. The fourth-order valence-electron chi connectivity index (χ4n) is 0.887. The van der Waals surface area contributed by atoms with Gasteiger partial charge in [0.15, 0.2) is 0 Å². The van der Waals surface area contributed by atoms with Gasteiger partial charge in [0.1, 0.15) is 5.69 Å². The van der Waals surface area contributed by atoms with Gasteiger partial charge in [-0.05, 0) is 24.3 Å². The highest BCUT2D eigenvalue weighted by molar-refractivity contribution is 5.89. The van der Waals surface area contributed by atoms with Crippen LogP contribution in [0.25, 0.3) is 0 Å². The molecule has 0 aliphatic carbocycles. The third kappa shape index (κ3) is 2.78. The van der Waals surface area contributed by atoms with Crippen molar-refractivity contribution in [3.8, 4) is 0 Å². The van der Waals surface area contributed by atoms with Crippen molar-refractivity contribution < 1.29 is 4.58 Å². The molecular formula is C10H16N3+. The molecule has 0 atom stereocenters. The first-order chi connectivity index (χ1) is 6.09. The van der Waals surface area contributed by atoms with Crippen LogP contribution in [0.4, 0.5) is 11.4 Å². The average Bonchev–Trinajstić information content (AvgIpc) is 2.08. The van der Waals surface area contributed by atoms with E-state index < -0.39 is 0 Å². The number of hydrogen-bond acceptors (Lipinski definition) is 1. The van der Waals surface area contributed by atoms with Gasteiger partial charge in [-0.15, -0.1) is 0 Å². The summed E-state index contributed by atoms with van der Waals surface area (Å²) in [5.41, 5.74) is 7.41. The van der Waals surface area contributed by atoms with Gasteiger partial charge in [-0.3, -0.25) is 4.58 Å². The topological polar surface area (TPSA) is 41.1 Å². The smallest absolute Gasteiger partial charge is 0.246 e. The summed E-state index contributed by atoms with van der Waals surface area (Å²) in [7, 11) is 4.00. The molecule has 70 valence electrons. The van der Waals surface area contributed by atoms with Crippen LogP contribution in [0, 0.1) is 0 Å². The van der Waals surface area contributed by atoms with Gasteiger partial charge in [0.05, 0.1) is 14.1 Å². The molecule has 0 aliphatic rings. The molecule has 1 aromatic carbocycles. The standard InChI is InChI=1S/C10H15N3/c1-8(13(2)3)12-10-6-4-9(11)5-7-10/h4-7H,11H2,1-3H3/p+1. The number of nitrogen functional groups attached to an aromatic ring is 1. The highest BCUT2D eigenvalue weighted by Crippen LogP contribution is 2.09. The van der Waals surface area contributed by atoms with Crippen molar-refractivity contribution in [2.45, 2.75) is 6.92 Å². The second kappa shape index (κ2) is 3.94. The van der Waals surface area contributed by atoms with E-state index in [1.807, 2.05) is 49.9 Å². The molecule has 3 N–H and O–H groups in total. The van der Waals surface area contributed by atoms with Crippen molar-refractivity contribution in [2.24, 2.45) is 0 Å².